The lowest BCUT2D eigenvalue weighted by atomic mass is 10.2. The van der Waals surface area contributed by atoms with Gasteiger partial charge in [0, 0.05) is 40.3 Å². The molecule has 0 N–H and O–H groups in total. The van der Waals surface area contributed by atoms with Gasteiger partial charge in [0.25, 0.3) is 0 Å². The zero-order valence-electron chi connectivity index (χ0n) is 14.8. The quantitative estimate of drug-likeness (QED) is 0.778. The van der Waals surface area contributed by atoms with E-state index in [-0.39, 0.29) is 29.9 Å². The fourth-order valence-corrected chi connectivity index (χ4v) is 4.25. The Balaban J connectivity index is 2.07. The van der Waals surface area contributed by atoms with Crippen LogP contribution >= 0.6 is 0 Å². The molecule has 0 bridgehead atoms. The average Bonchev–Trinajstić information content (AvgIpc) is 2.59. The maximum absolute atomic E-state index is 12.6. The van der Waals surface area contributed by atoms with E-state index in [9.17, 15) is 26.4 Å². The minimum atomic E-state index is -4.51. The number of carbonyl (C=O) groups excluding carboxylic acids is 1. The molecule has 0 spiro atoms. The van der Waals surface area contributed by atoms with Gasteiger partial charge in [-0.2, -0.15) is 17.5 Å². The summed E-state index contributed by atoms with van der Waals surface area (Å²) in [5.74, 6) is -0.0657. The maximum Gasteiger partial charge on any atom is 0.416 e. The van der Waals surface area contributed by atoms with Crippen LogP contribution in [0.1, 0.15) is 12.5 Å². The third-order valence-electron chi connectivity index (χ3n) is 4.44. The van der Waals surface area contributed by atoms with E-state index in [0.717, 1.165) is 24.3 Å². The first-order chi connectivity index (χ1) is 11.9. The molecule has 1 saturated heterocycles. The summed E-state index contributed by atoms with van der Waals surface area (Å²) in [4.78, 5) is 15.2. The van der Waals surface area contributed by atoms with Crippen molar-refractivity contribution >= 4 is 15.9 Å². The van der Waals surface area contributed by atoms with E-state index < -0.39 is 21.8 Å². The highest BCUT2D eigenvalue weighted by molar-refractivity contribution is 7.89. The van der Waals surface area contributed by atoms with Crippen molar-refractivity contribution in [1.29, 1.82) is 0 Å². The van der Waals surface area contributed by atoms with Gasteiger partial charge in [0.2, 0.25) is 15.9 Å². The molecule has 0 radical (unpaired) electrons. The van der Waals surface area contributed by atoms with Crippen molar-refractivity contribution < 1.29 is 26.4 Å². The minimum absolute atomic E-state index is 0.0657. The smallest absolute Gasteiger partial charge is 0.347 e. The molecule has 0 unspecified atom stereocenters. The molecule has 1 amide bonds. The van der Waals surface area contributed by atoms with Crippen LogP contribution in [0.15, 0.2) is 29.2 Å². The second kappa shape index (κ2) is 7.53. The standard InChI is InChI=1S/C16H22F3N3O3S/c1-12(15(23)20(2)3)21-8-10-22(11-9-21)26(24,25)14-6-4-13(5-7-14)16(17,18)19/h4-7,12H,8-11H2,1-3H3/t12-/m0/s1. The molecular formula is C16H22F3N3O3S. The van der Waals surface area contributed by atoms with E-state index in [4.69, 9.17) is 0 Å². The van der Waals surface area contributed by atoms with Crippen LogP contribution in [0.25, 0.3) is 0 Å². The van der Waals surface area contributed by atoms with Crippen LogP contribution in [0.4, 0.5) is 13.2 Å². The molecule has 1 heterocycles. The van der Waals surface area contributed by atoms with E-state index in [1.165, 1.54) is 9.21 Å². The van der Waals surface area contributed by atoms with Crippen molar-refractivity contribution in [3.05, 3.63) is 29.8 Å². The maximum atomic E-state index is 12.6. The molecule has 0 aromatic heterocycles. The molecule has 146 valence electrons. The van der Waals surface area contributed by atoms with Gasteiger partial charge < -0.3 is 4.90 Å². The van der Waals surface area contributed by atoms with E-state index in [2.05, 4.69) is 0 Å². The highest BCUT2D eigenvalue weighted by atomic mass is 32.2. The Hall–Kier alpha value is -1.65. The number of nitrogens with zero attached hydrogens (tertiary/aromatic N) is 3. The zero-order chi connectivity index (χ0) is 19.7. The summed E-state index contributed by atoms with van der Waals surface area (Å²) < 4.78 is 64.3. The molecular weight excluding hydrogens is 371 g/mol. The minimum Gasteiger partial charge on any atom is -0.347 e. The van der Waals surface area contributed by atoms with Gasteiger partial charge in [-0.1, -0.05) is 0 Å². The van der Waals surface area contributed by atoms with Crippen molar-refractivity contribution in [1.82, 2.24) is 14.1 Å². The number of likely N-dealkylation sites (N-methyl/N-ethyl adjacent to an activating group) is 1. The first kappa shape index (κ1) is 20.7. The monoisotopic (exact) mass is 393 g/mol. The summed E-state index contributed by atoms with van der Waals surface area (Å²) in [6, 6.07) is 3.12. The van der Waals surface area contributed by atoms with Crippen LogP contribution in [0, 0.1) is 0 Å². The van der Waals surface area contributed by atoms with Gasteiger partial charge in [0.05, 0.1) is 16.5 Å². The molecule has 1 aromatic carbocycles. The van der Waals surface area contributed by atoms with E-state index in [0.29, 0.717) is 13.1 Å². The molecule has 1 atom stereocenters. The Morgan fingerprint density at radius 2 is 1.58 bits per heavy atom. The largest absolute Gasteiger partial charge is 0.416 e. The summed E-state index contributed by atoms with van der Waals surface area (Å²) in [5, 5.41) is 0. The first-order valence-corrected chi connectivity index (χ1v) is 9.51. The van der Waals surface area contributed by atoms with E-state index in [1.54, 1.807) is 21.0 Å². The second-order valence-corrected chi connectivity index (χ2v) is 8.31. The number of alkyl halides is 3. The molecule has 26 heavy (non-hydrogen) atoms. The van der Waals surface area contributed by atoms with E-state index >= 15 is 0 Å². The van der Waals surface area contributed by atoms with Gasteiger partial charge in [0.1, 0.15) is 0 Å². The molecule has 10 heteroatoms. The van der Waals surface area contributed by atoms with Crippen LogP contribution in [0.5, 0.6) is 0 Å². The van der Waals surface area contributed by atoms with Gasteiger partial charge >= 0.3 is 6.18 Å². The Morgan fingerprint density at radius 1 is 1.08 bits per heavy atom. The number of amides is 1. The Morgan fingerprint density at radius 3 is 2.00 bits per heavy atom. The Bertz CT molecular complexity index is 740. The number of carbonyl (C=O) groups is 1. The summed E-state index contributed by atoms with van der Waals surface area (Å²) >= 11 is 0. The lowest BCUT2D eigenvalue weighted by Crippen LogP contribution is -2.54. The van der Waals surface area contributed by atoms with Crippen molar-refractivity contribution in [2.24, 2.45) is 0 Å². The van der Waals surface area contributed by atoms with Crippen LogP contribution in [0.3, 0.4) is 0 Å². The molecule has 0 aliphatic carbocycles. The average molecular weight is 393 g/mol. The van der Waals surface area contributed by atoms with Crippen molar-refractivity contribution in [3.63, 3.8) is 0 Å². The van der Waals surface area contributed by atoms with Crippen LogP contribution in [-0.4, -0.2) is 74.7 Å². The number of rotatable bonds is 4. The Kier molecular flexibility index (Phi) is 5.99. The fourth-order valence-electron chi connectivity index (χ4n) is 2.83. The Labute approximate surface area is 151 Å². The van der Waals surface area contributed by atoms with Gasteiger partial charge in [-0.15, -0.1) is 0 Å². The predicted molar refractivity (Wildman–Crippen MR) is 89.9 cm³/mol. The number of sulfonamides is 1. The first-order valence-electron chi connectivity index (χ1n) is 8.07. The predicted octanol–water partition coefficient (Wildman–Crippen LogP) is 1.49. The number of hydrogen-bond acceptors (Lipinski definition) is 4. The molecule has 1 aromatic rings. The fraction of sp³-hybridized carbons (Fsp3) is 0.562. The lowest BCUT2D eigenvalue weighted by molar-refractivity contribution is -0.137. The number of halogens is 3. The zero-order valence-corrected chi connectivity index (χ0v) is 15.6. The van der Waals surface area contributed by atoms with Crippen LogP contribution in [0.2, 0.25) is 0 Å². The summed E-state index contributed by atoms with van der Waals surface area (Å²) in [6.07, 6.45) is -4.51. The molecule has 1 aliphatic heterocycles. The lowest BCUT2D eigenvalue weighted by Gasteiger charge is -2.37. The highest BCUT2D eigenvalue weighted by Crippen LogP contribution is 2.30. The van der Waals surface area contributed by atoms with Crippen LogP contribution < -0.4 is 0 Å². The van der Waals surface area contributed by atoms with Crippen LogP contribution in [-0.2, 0) is 21.0 Å². The van der Waals surface area contributed by atoms with Gasteiger partial charge in [-0.3, -0.25) is 9.69 Å². The SMILES string of the molecule is C[C@@H](C(=O)N(C)C)N1CCN(S(=O)(=O)c2ccc(C(F)(F)F)cc2)CC1. The summed E-state index contributed by atoms with van der Waals surface area (Å²) in [5.41, 5.74) is -0.891. The van der Waals surface area contributed by atoms with Gasteiger partial charge in [0.15, 0.2) is 0 Å². The molecule has 2 rings (SSSR count). The van der Waals surface area contributed by atoms with E-state index in [1.807, 2.05) is 4.90 Å². The second-order valence-electron chi connectivity index (χ2n) is 6.37. The third kappa shape index (κ3) is 4.36. The normalized spacial score (nSPS) is 18.5. The number of hydrogen-bond donors (Lipinski definition) is 0. The molecule has 6 nitrogen and oxygen atoms in total. The number of piperazine rings is 1. The van der Waals surface area contributed by atoms with Crippen molar-refractivity contribution in [2.75, 3.05) is 40.3 Å². The highest BCUT2D eigenvalue weighted by Gasteiger charge is 2.34. The third-order valence-corrected chi connectivity index (χ3v) is 6.35. The molecule has 1 aliphatic rings. The molecule has 1 fully saturated rings. The molecule has 0 saturated carbocycles. The van der Waals surface area contributed by atoms with Gasteiger partial charge in [-0.25, -0.2) is 8.42 Å². The topological polar surface area (TPSA) is 60.9 Å². The van der Waals surface area contributed by atoms with Crippen molar-refractivity contribution in [2.45, 2.75) is 24.0 Å². The summed E-state index contributed by atoms with van der Waals surface area (Å²) in [6.45, 7) is 2.87. The summed E-state index contributed by atoms with van der Waals surface area (Å²) in [7, 11) is -0.552. The van der Waals surface area contributed by atoms with Gasteiger partial charge in [-0.05, 0) is 31.2 Å². The van der Waals surface area contributed by atoms with Crippen molar-refractivity contribution in [3.8, 4) is 0 Å². The number of benzene rings is 1.